The van der Waals surface area contributed by atoms with E-state index in [4.69, 9.17) is 9.84 Å². The molecule has 0 aromatic rings. The summed E-state index contributed by atoms with van der Waals surface area (Å²) >= 11 is 0. The van der Waals surface area contributed by atoms with E-state index in [1.807, 2.05) is 0 Å². The number of aliphatic hydroxyl groups excluding tert-OH is 1. The van der Waals surface area contributed by atoms with Gasteiger partial charge in [0.1, 0.15) is 0 Å². The lowest BCUT2D eigenvalue weighted by atomic mass is 9.77. The summed E-state index contributed by atoms with van der Waals surface area (Å²) in [4.78, 5) is 0. The lowest BCUT2D eigenvalue weighted by Gasteiger charge is -2.41. The zero-order chi connectivity index (χ0) is 8.86. The molecular formula is C10H20O2. The van der Waals surface area contributed by atoms with Crippen molar-refractivity contribution in [2.45, 2.75) is 39.0 Å². The summed E-state index contributed by atoms with van der Waals surface area (Å²) < 4.78 is 5.26. The Morgan fingerprint density at radius 3 is 2.42 bits per heavy atom. The van der Waals surface area contributed by atoms with E-state index in [1.165, 1.54) is 19.3 Å². The van der Waals surface area contributed by atoms with Crippen LogP contribution in [0.5, 0.6) is 0 Å². The third-order valence-electron chi connectivity index (χ3n) is 2.71. The molecule has 0 spiro atoms. The van der Waals surface area contributed by atoms with E-state index >= 15 is 0 Å². The first-order valence-electron chi connectivity index (χ1n) is 5.01. The molecule has 0 saturated carbocycles. The second kappa shape index (κ2) is 4.83. The summed E-state index contributed by atoms with van der Waals surface area (Å²) in [7, 11) is 0. The maximum atomic E-state index is 8.65. The van der Waals surface area contributed by atoms with Gasteiger partial charge in [0.05, 0.1) is 13.2 Å². The van der Waals surface area contributed by atoms with Crippen LogP contribution in [0, 0.1) is 5.41 Å². The van der Waals surface area contributed by atoms with Crippen molar-refractivity contribution >= 4 is 0 Å². The number of unbranched alkanes of at least 4 members (excludes halogenated alkanes) is 1. The summed E-state index contributed by atoms with van der Waals surface area (Å²) in [6.45, 7) is 4.47. The van der Waals surface area contributed by atoms with Crippen LogP contribution in [0.3, 0.4) is 0 Å². The number of rotatable bonds is 6. The van der Waals surface area contributed by atoms with Crippen molar-refractivity contribution in [3.63, 3.8) is 0 Å². The maximum absolute atomic E-state index is 8.65. The molecule has 0 atom stereocenters. The molecule has 1 heterocycles. The van der Waals surface area contributed by atoms with Gasteiger partial charge in [-0.1, -0.05) is 19.8 Å². The number of hydrogen-bond donors (Lipinski definition) is 1. The van der Waals surface area contributed by atoms with E-state index < -0.39 is 0 Å². The molecule has 1 saturated heterocycles. The fourth-order valence-corrected chi connectivity index (χ4v) is 1.95. The van der Waals surface area contributed by atoms with Crippen molar-refractivity contribution in [1.82, 2.24) is 0 Å². The first-order valence-corrected chi connectivity index (χ1v) is 5.01. The van der Waals surface area contributed by atoms with Gasteiger partial charge < -0.3 is 9.84 Å². The second-order valence-electron chi connectivity index (χ2n) is 3.92. The lowest BCUT2D eigenvalue weighted by Crippen LogP contribution is -2.42. The van der Waals surface area contributed by atoms with Crippen LogP contribution < -0.4 is 0 Å². The molecule has 0 aromatic carbocycles. The average Bonchev–Trinajstić information content (AvgIpc) is 2.00. The van der Waals surface area contributed by atoms with Crippen LogP contribution >= 0.6 is 0 Å². The Bertz CT molecular complexity index is 119. The minimum atomic E-state index is 0.336. The second-order valence-corrected chi connectivity index (χ2v) is 3.92. The van der Waals surface area contributed by atoms with Crippen LogP contribution in [-0.4, -0.2) is 24.9 Å². The molecule has 0 aromatic heterocycles. The van der Waals surface area contributed by atoms with Crippen LogP contribution in [0.15, 0.2) is 0 Å². The van der Waals surface area contributed by atoms with Crippen LogP contribution in [0.1, 0.15) is 39.0 Å². The van der Waals surface area contributed by atoms with Gasteiger partial charge in [-0.15, -0.1) is 0 Å². The van der Waals surface area contributed by atoms with E-state index in [0.717, 1.165) is 26.1 Å². The highest BCUT2D eigenvalue weighted by molar-refractivity contribution is 4.84. The Morgan fingerprint density at radius 2 is 2.00 bits per heavy atom. The topological polar surface area (TPSA) is 29.5 Å². The van der Waals surface area contributed by atoms with Crippen molar-refractivity contribution in [1.29, 1.82) is 0 Å². The molecule has 72 valence electrons. The average molecular weight is 172 g/mol. The molecule has 1 aliphatic rings. The fourth-order valence-electron chi connectivity index (χ4n) is 1.95. The van der Waals surface area contributed by atoms with Crippen LogP contribution in [0.25, 0.3) is 0 Å². The van der Waals surface area contributed by atoms with Gasteiger partial charge in [0, 0.05) is 12.0 Å². The first-order chi connectivity index (χ1) is 5.83. The van der Waals surface area contributed by atoms with Gasteiger partial charge in [0.25, 0.3) is 0 Å². The summed E-state index contributed by atoms with van der Waals surface area (Å²) in [6, 6.07) is 0. The Balaban J connectivity index is 2.15. The van der Waals surface area contributed by atoms with E-state index in [1.54, 1.807) is 0 Å². The molecule has 1 N–H and O–H groups in total. The molecule has 1 aliphatic heterocycles. The van der Waals surface area contributed by atoms with Gasteiger partial charge in [-0.25, -0.2) is 0 Å². The van der Waals surface area contributed by atoms with Crippen LogP contribution in [0.4, 0.5) is 0 Å². The monoisotopic (exact) mass is 172 g/mol. The first kappa shape index (κ1) is 10.0. The number of aliphatic hydroxyl groups is 1. The molecule has 0 amide bonds. The molecule has 1 fully saturated rings. The predicted octanol–water partition coefficient (Wildman–Crippen LogP) is 1.97. The van der Waals surface area contributed by atoms with Gasteiger partial charge in [0.15, 0.2) is 0 Å². The zero-order valence-corrected chi connectivity index (χ0v) is 8.01. The zero-order valence-electron chi connectivity index (χ0n) is 8.01. The Hall–Kier alpha value is -0.0800. The molecule has 2 heteroatoms. The maximum Gasteiger partial charge on any atom is 0.0544 e. The van der Waals surface area contributed by atoms with Gasteiger partial charge in [0.2, 0.25) is 0 Å². The quantitative estimate of drug-likeness (QED) is 0.621. The van der Waals surface area contributed by atoms with Gasteiger partial charge >= 0.3 is 0 Å². The van der Waals surface area contributed by atoms with Gasteiger partial charge in [-0.3, -0.25) is 0 Å². The smallest absolute Gasteiger partial charge is 0.0544 e. The van der Waals surface area contributed by atoms with Gasteiger partial charge in [-0.2, -0.15) is 0 Å². The highest BCUT2D eigenvalue weighted by atomic mass is 16.5. The van der Waals surface area contributed by atoms with Crippen molar-refractivity contribution in [3.05, 3.63) is 0 Å². The molecule has 0 bridgehead atoms. The minimum Gasteiger partial charge on any atom is -0.396 e. The highest BCUT2D eigenvalue weighted by Crippen LogP contribution is 2.37. The Morgan fingerprint density at radius 1 is 1.25 bits per heavy atom. The molecule has 0 aliphatic carbocycles. The minimum absolute atomic E-state index is 0.336. The van der Waals surface area contributed by atoms with Crippen molar-refractivity contribution < 1.29 is 9.84 Å². The van der Waals surface area contributed by atoms with Crippen LogP contribution in [0.2, 0.25) is 0 Å². The summed E-state index contributed by atoms with van der Waals surface area (Å²) in [5, 5.41) is 8.65. The Labute approximate surface area is 74.9 Å². The van der Waals surface area contributed by atoms with Gasteiger partial charge in [-0.05, 0) is 19.3 Å². The molecule has 12 heavy (non-hydrogen) atoms. The number of ether oxygens (including phenoxy) is 1. The largest absolute Gasteiger partial charge is 0.396 e. The van der Waals surface area contributed by atoms with Crippen molar-refractivity contribution in [3.8, 4) is 0 Å². The standard InChI is InChI=1S/C10H20O2/c1-2-5-10(8-12-9-10)6-3-4-7-11/h11H,2-9H2,1H3. The molecule has 2 nitrogen and oxygen atoms in total. The molecular weight excluding hydrogens is 152 g/mol. The van der Waals surface area contributed by atoms with Crippen molar-refractivity contribution in [2.24, 2.45) is 5.41 Å². The van der Waals surface area contributed by atoms with E-state index in [2.05, 4.69) is 6.92 Å². The summed E-state index contributed by atoms with van der Waals surface area (Å²) in [5.74, 6) is 0. The van der Waals surface area contributed by atoms with E-state index in [9.17, 15) is 0 Å². The SMILES string of the molecule is CCCC1(CCCCO)COC1. The van der Waals surface area contributed by atoms with Crippen molar-refractivity contribution in [2.75, 3.05) is 19.8 Å². The Kier molecular flexibility index (Phi) is 4.02. The third kappa shape index (κ3) is 2.46. The molecule has 0 radical (unpaired) electrons. The molecule has 1 rings (SSSR count). The van der Waals surface area contributed by atoms with E-state index in [-0.39, 0.29) is 0 Å². The normalized spacial score (nSPS) is 20.5. The highest BCUT2D eigenvalue weighted by Gasteiger charge is 2.36. The summed E-state index contributed by atoms with van der Waals surface area (Å²) in [5.41, 5.74) is 0.490. The lowest BCUT2D eigenvalue weighted by molar-refractivity contribution is -0.123. The van der Waals surface area contributed by atoms with Crippen LogP contribution in [-0.2, 0) is 4.74 Å². The molecule has 0 unspecified atom stereocenters. The summed E-state index contributed by atoms with van der Waals surface area (Å²) in [6.07, 6.45) is 5.88. The van der Waals surface area contributed by atoms with E-state index in [0.29, 0.717) is 12.0 Å². The third-order valence-corrected chi connectivity index (χ3v) is 2.71. The number of hydrogen-bond acceptors (Lipinski definition) is 2. The predicted molar refractivity (Wildman–Crippen MR) is 49.1 cm³/mol. The fraction of sp³-hybridized carbons (Fsp3) is 1.00.